The van der Waals surface area contributed by atoms with Crippen molar-refractivity contribution in [2.24, 2.45) is 11.8 Å². The third-order valence-corrected chi connectivity index (χ3v) is 4.25. The number of hydrogen-bond acceptors (Lipinski definition) is 1. The van der Waals surface area contributed by atoms with E-state index in [0.29, 0.717) is 11.7 Å². The summed E-state index contributed by atoms with van der Waals surface area (Å²) in [7, 11) is 0. The number of hydrogen-bond donors (Lipinski definition) is 1. The first-order valence-electron chi connectivity index (χ1n) is 7.28. The molecule has 1 aromatic carbocycles. The van der Waals surface area contributed by atoms with Crippen LogP contribution in [0.5, 0.6) is 0 Å². The standard InChI is InChI=1S/C16H23F2N/c1-11(2)12-4-3-5-14(8-6-12)19-16-9-7-13(17)10-15(16)18/h7,9-12,14,19H,3-6,8H2,1-2H3. The number of rotatable bonds is 3. The highest BCUT2D eigenvalue weighted by atomic mass is 19.1. The summed E-state index contributed by atoms with van der Waals surface area (Å²) < 4.78 is 26.5. The van der Waals surface area contributed by atoms with E-state index in [2.05, 4.69) is 19.2 Å². The molecule has 0 saturated heterocycles. The molecular formula is C16H23F2N. The van der Waals surface area contributed by atoms with Crippen molar-refractivity contribution in [3.05, 3.63) is 29.8 Å². The van der Waals surface area contributed by atoms with E-state index in [1.807, 2.05) is 0 Å². The summed E-state index contributed by atoms with van der Waals surface area (Å²) in [6.07, 6.45) is 5.78. The van der Waals surface area contributed by atoms with Crippen molar-refractivity contribution >= 4 is 5.69 Å². The lowest BCUT2D eigenvalue weighted by Crippen LogP contribution is -2.19. The summed E-state index contributed by atoms with van der Waals surface area (Å²) >= 11 is 0. The highest BCUT2D eigenvalue weighted by Gasteiger charge is 2.21. The summed E-state index contributed by atoms with van der Waals surface area (Å²) in [6.45, 7) is 4.55. The first-order valence-corrected chi connectivity index (χ1v) is 7.28. The maximum absolute atomic E-state index is 13.6. The van der Waals surface area contributed by atoms with E-state index in [1.54, 1.807) is 0 Å². The van der Waals surface area contributed by atoms with Crippen molar-refractivity contribution in [3.63, 3.8) is 0 Å². The minimum Gasteiger partial charge on any atom is -0.380 e. The van der Waals surface area contributed by atoms with Crippen molar-refractivity contribution in [1.29, 1.82) is 0 Å². The Hall–Kier alpha value is -1.12. The molecule has 0 aliphatic heterocycles. The van der Waals surface area contributed by atoms with Gasteiger partial charge in [-0.2, -0.15) is 0 Å². The van der Waals surface area contributed by atoms with Gasteiger partial charge < -0.3 is 5.32 Å². The zero-order valence-corrected chi connectivity index (χ0v) is 11.8. The second kappa shape index (κ2) is 6.36. The molecule has 2 atom stereocenters. The van der Waals surface area contributed by atoms with Crippen molar-refractivity contribution < 1.29 is 8.78 Å². The van der Waals surface area contributed by atoms with Crippen LogP contribution in [0.15, 0.2) is 18.2 Å². The Kier molecular flexibility index (Phi) is 4.78. The molecule has 1 nitrogen and oxygen atoms in total. The number of nitrogens with one attached hydrogen (secondary N) is 1. The van der Waals surface area contributed by atoms with Gasteiger partial charge in [0.25, 0.3) is 0 Å². The topological polar surface area (TPSA) is 12.0 Å². The van der Waals surface area contributed by atoms with Gasteiger partial charge in [0.1, 0.15) is 11.6 Å². The van der Waals surface area contributed by atoms with E-state index >= 15 is 0 Å². The monoisotopic (exact) mass is 267 g/mol. The van der Waals surface area contributed by atoms with Gasteiger partial charge in [-0.15, -0.1) is 0 Å². The third-order valence-electron chi connectivity index (χ3n) is 4.25. The first kappa shape index (κ1) is 14.3. The fourth-order valence-electron chi connectivity index (χ4n) is 2.97. The smallest absolute Gasteiger partial charge is 0.149 e. The molecule has 1 fully saturated rings. The van der Waals surface area contributed by atoms with Crippen LogP contribution < -0.4 is 5.32 Å². The molecule has 19 heavy (non-hydrogen) atoms. The lowest BCUT2D eigenvalue weighted by Gasteiger charge is -2.20. The second-order valence-corrected chi connectivity index (χ2v) is 5.98. The molecule has 0 amide bonds. The number of benzene rings is 1. The molecule has 0 aromatic heterocycles. The molecule has 106 valence electrons. The normalized spacial score (nSPS) is 24.3. The average Bonchev–Trinajstić information content (AvgIpc) is 2.58. The van der Waals surface area contributed by atoms with Crippen molar-refractivity contribution in [2.45, 2.75) is 52.0 Å². The largest absolute Gasteiger partial charge is 0.380 e. The van der Waals surface area contributed by atoms with Gasteiger partial charge in [-0.1, -0.05) is 26.7 Å². The van der Waals surface area contributed by atoms with Crippen LogP contribution in [0, 0.1) is 23.5 Å². The first-order chi connectivity index (χ1) is 9.06. The molecule has 1 N–H and O–H groups in total. The molecule has 0 heterocycles. The molecule has 2 rings (SSSR count). The molecule has 1 aromatic rings. The maximum Gasteiger partial charge on any atom is 0.149 e. The molecule has 1 aliphatic rings. The van der Waals surface area contributed by atoms with E-state index in [-0.39, 0.29) is 0 Å². The van der Waals surface area contributed by atoms with Gasteiger partial charge in [0.05, 0.1) is 5.69 Å². The molecule has 3 heteroatoms. The molecule has 0 bridgehead atoms. The highest BCUT2D eigenvalue weighted by molar-refractivity contribution is 5.45. The molecule has 1 aliphatic carbocycles. The Labute approximate surface area is 114 Å². The SMILES string of the molecule is CC(C)C1CCCC(Nc2ccc(F)cc2F)CC1. The fourth-order valence-corrected chi connectivity index (χ4v) is 2.97. The van der Waals surface area contributed by atoms with Crippen LogP contribution in [-0.4, -0.2) is 6.04 Å². The minimum absolute atomic E-state index is 0.309. The van der Waals surface area contributed by atoms with Crippen LogP contribution in [0.2, 0.25) is 0 Å². The van der Waals surface area contributed by atoms with Crippen LogP contribution in [0.1, 0.15) is 46.0 Å². The van der Waals surface area contributed by atoms with Gasteiger partial charge in [-0.25, -0.2) is 8.78 Å². The van der Waals surface area contributed by atoms with Crippen molar-refractivity contribution in [3.8, 4) is 0 Å². The predicted molar refractivity (Wildman–Crippen MR) is 75.2 cm³/mol. The molecule has 0 spiro atoms. The molecule has 0 radical (unpaired) electrons. The second-order valence-electron chi connectivity index (χ2n) is 5.98. The lowest BCUT2D eigenvalue weighted by atomic mass is 9.89. The van der Waals surface area contributed by atoms with E-state index < -0.39 is 11.6 Å². The zero-order valence-electron chi connectivity index (χ0n) is 11.8. The average molecular weight is 267 g/mol. The summed E-state index contributed by atoms with van der Waals surface area (Å²) in [6, 6.07) is 4.05. The predicted octanol–water partition coefficient (Wildman–Crippen LogP) is 4.98. The summed E-state index contributed by atoms with van der Waals surface area (Å²) in [5.74, 6) is 0.486. The Bertz CT molecular complexity index is 417. The van der Waals surface area contributed by atoms with Crippen molar-refractivity contribution in [2.75, 3.05) is 5.32 Å². The quantitative estimate of drug-likeness (QED) is 0.761. The van der Waals surface area contributed by atoms with Gasteiger partial charge in [-0.3, -0.25) is 0 Å². The Balaban J connectivity index is 1.96. The van der Waals surface area contributed by atoms with Gasteiger partial charge in [-0.05, 0) is 43.2 Å². The van der Waals surface area contributed by atoms with Gasteiger partial charge in [0, 0.05) is 12.1 Å². The number of anilines is 1. The minimum atomic E-state index is -0.524. The lowest BCUT2D eigenvalue weighted by molar-refractivity contribution is 0.341. The van der Waals surface area contributed by atoms with E-state index in [1.165, 1.54) is 31.4 Å². The summed E-state index contributed by atoms with van der Waals surface area (Å²) in [4.78, 5) is 0. The Morgan fingerprint density at radius 2 is 1.89 bits per heavy atom. The fraction of sp³-hybridized carbons (Fsp3) is 0.625. The van der Waals surface area contributed by atoms with Crippen LogP contribution >= 0.6 is 0 Å². The van der Waals surface area contributed by atoms with Gasteiger partial charge in [0.2, 0.25) is 0 Å². The Morgan fingerprint density at radius 3 is 2.58 bits per heavy atom. The van der Waals surface area contributed by atoms with Crippen LogP contribution in [0.25, 0.3) is 0 Å². The van der Waals surface area contributed by atoms with Crippen LogP contribution in [0.3, 0.4) is 0 Å². The van der Waals surface area contributed by atoms with Crippen LogP contribution in [0.4, 0.5) is 14.5 Å². The molecule has 1 saturated carbocycles. The van der Waals surface area contributed by atoms with E-state index in [4.69, 9.17) is 0 Å². The molecule has 2 unspecified atom stereocenters. The van der Waals surface area contributed by atoms with Gasteiger partial charge in [0.15, 0.2) is 0 Å². The van der Waals surface area contributed by atoms with Crippen molar-refractivity contribution in [1.82, 2.24) is 0 Å². The van der Waals surface area contributed by atoms with E-state index in [0.717, 1.165) is 30.7 Å². The van der Waals surface area contributed by atoms with E-state index in [9.17, 15) is 8.78 Å². The Morgan fingerprint density at radius 1 is 1.11 bits per heavy atom. The summed E-state index contributed by atoms with van der Waals surface area (Å²) in [5, 5.41) is 3.23. The van der Waals surface area contributed by atoms with Gasteiger partial charge >= 0.3 is 0 Å². The summed E-state index contributed by atoms with van der Waals surface area (Å²) in [5.41, 5.74) is 0.425. The number of halogens is 2. The highest BCUT2D eigenvalue weighted by Crippen LogP contribution is 2.30. The third kappa shape index (κ3) is 3.92. The maximum atomic E-state index is 13.6. The molecular weight excluding hydrogens is 244 g/mol. The zero-order chi connectivity index (χ0) is 13.8. The van der Waals surface area contributed by atoms with Crippen LogP contribution in [-0.2, 0) is 0 Å².